The van der Waals surface area contributed by atoms with Crippen LogP contribution in [0, 0.1) is 5.82 Å². The Balaban J connectivity index is 1.47. The van der Waals surface area contributed by atoms with Gasteiger partial charge in [-0.25, -0.2) is 14.2 Å². The van der Waals surface area contributed by atoms with E-state index in [0.717, 1.165) is 5.39 Å². The Hall–Kier alpha value is -3.54. The van der Waals surface area contributed by atoms with E-state index in [1.54, 1.807) is 30.3 Å². The molecule has 0 saturated heterocycles. The number of hydrogen-bond acceptors (Lipinski definition) is 5. The zero-order chi connectivity index (χ0) is 17.9. The highest BCUT2D eigenvalue weighted by Gasteiger charge is 2.14. The largest absolute Gasteiger partial charge is 0.454 e. The number of halogens is 1. The normalized spacial score (nSPS) is 10.8. The standard InChI is InChI=1S/C20H13FN2O3/c21-16-7-3-2-6-15(16)19-11-14(23-26-19)12-25-20(24)18-10-9-13-5-1-4-8-17(13)22-18/h1-11H,12H2. The maximum Gasteiger partial charge on any atom is 0.357 e. The van der Waals surface area contributed by atoms with Gasteiger partial charge in [0.05, 0.1) is 11.1 Å². The molecule has 4 aromatic rings. The van der Waals surface area contributed by atoms with Gasteiger partial charge in [-0.1, -0.05) is 41.6 Å². The van der Waals surface area contributed by atoms with Crippen molar-refractivity contribution in [3.63, 3.8) is 0 Å². The molecule has 0 spiro atoms. The summed E-state index contributed by atoms with van der Waals surface area (Å²) >= 11 is 0. The topological polar surface area (TPSA) is 65.2 Å². The van der Waals surface area contributed by atoms with E-state index in [9.17, 15) is 9.18 Å². The number of pyridine rings is 1. The van der Waals surface area contributed by atoms with E-state index in [1.165, 1.54) is 6.07 Å². The molecule has 0 unspecified atom stereocenters. The molecule has 0 bridgehead atoms. The third kappa shape index (κ3) is 3.17. The molecule has 0 aliphatic rings. The highest BCUT2D eigenvalue weighted by molar-refractivity contribution is 5.91. The molecule has 0 saturated carbocycles. The van der Waals surface area contributed by atoms with Crippen LogP contribution in [0.2, 0.25) is 0 Å². The number of rotatable bonds is 4. The average Bonchev–Trinajstić information content (AvgIpc) is 3.15. The minimum atomic E-state index is -0.564. The van der Waals surface area contributed by atoms with Crippen LogP contribution in [0.25, 0.3) is 22.2 Å². The first-order valence-electron chi connectivity index (χ1n) is 7.94. The van der Waals surface area contributed by atoms with E-state index < -0.39 is 11.8 Å². The second-order valence-corrected chi connectivity index (χ2v) is 5.63. The van der Waals surface area contributed by atoms with Gasteiger partial charge in [0.25, 0.3) is 0 Å². The molecular formula is C20H13FN2O3. The second-order valence-electron chi connectivity index (χ2n) is 5.63. The van der Waals surface area contributed by atoms with Crippen LogP contribution >= 0.6 is 0 Å². The summed E-state index contributed by atoms with van der Waals surface area (Å²) in [7, 11) is 0. The summed E-state index contributed by atoms with van der Waals surface area (Å²) in [6.07, 6.45) is 0. The third-order valence-electron chi connectivity index (χ3n) is 3.86. The molecule has 0 aliphatic heterocycles. The summed E-state index contributed by atoms with van der Waals surface area (Å²) in [6, 6.07) is 18.7. The average molecular weight is 348 g/mol. The zero-order valence-corrected chi connectivity index (χ0v) is 13.6. The van der Waals surface area contributed by atoms with Crippen molar-refractivity contribution in [2.24, 2.45) is 0 Å². The predicted molar refractivity (Wildman–Crippen MR) is 92.8 cm³/mol. The summed E-state index contributed by atoms with van der Waals surface area (Å²) in [5.74, 6) is -0.697. The number of carbonyl (C=O) groups excluding carboxylic acids is 1. The Labute approximate surface area is 148 Å². The summed E-state index contributed by atoms with van der Waals surface area (Å²) in [5, 5.41) is 4.75. The van der Waals surface area contributed by atoms with Gasteiger partial charge in [0.15, 0.2) is 5.76 Å². The van der Waals surface area contributed by atoms with Gasteiger partial charge in [-0.15, -0.1) is 0 Å². The molecule has 6 heteroatoms. The van der Waals surface area contributed by atoms with Crippen molar-refractivity contribution in [3.05, 3.63) is 83.9 Å². The van der Waals surface area contributed by atoms with Crippen LogP contribution in [0.5, 0.6) is 0 Å². The van der Waals surface area contributed by atoms with E-state index in [0.29, 0.717) is 16.8 Å². The number of carbonyl (C=O) groups is 1. The fraction of sp³-hybridized carbons (Fsp3) is 0.0500. The van der Waals surface area contributed by atoms with Crippen LogP contribution in [0.1, 0.15) is 16.2 Å². The SMILES string of the molecule is O=C(OCc1cc(-c2ccccc2F)on1)c1ccc2ccccc2n1. The summed E-state index contributed by atoms with van der Waals surface area (Å²) < 4.78 is 24.1. The first kappa shape index (κ1) is 16.0. The zero-order valence-electron chi connectivity index (χ0n) is 13.6. The lowest BCUT2D eigenvalue weighted by atomic mass is 10.1. The number of nitrogens with zero attached hydrogens (tertiary/aromatic N) is 2. The molecule has 0 radical (unpaired) electrons. The molecule has 2 aromatic carbocycles. The molecule has 0 atom stereocenters. The second kappa shape index (κ2) is 6.76. The van der Waals surface area contributed by atoms with Gasteiger partial charge in [0, 0.05) is 11.5 Å². The van der Waals surface area contributed by atoms with Gasteiger partial charge in [0.1, 0.15) is 23.8 Å². The Morgan fingerprint density at radius 2 is 1.85 bits per heavy atom. The van der Waals surface area contributed by atoms with Gasteiger partial charge < -0.3 is 9.26 Å². The van der Waals surface area contributed by atoms with E-state index in [2.05, 4.69) is 10.1 Å². The molecule has 5 nitrogen and oxygen atoms in total. The summed E-state index contributed by atoms with van der Waals surface area (Å²) in [4.78, 5) is 16.5. The van der Waals surface area contributed by atoms with Gasteiger partial charge in [0.2, 0.25) is 0 Å². The number of para-hydroxylation sites is 1. The Morgan fingerprint density at radius 1 is 1.04 bits per heavy atom. The number of ether oxygens (including phenoxy) is 1. The maximum absolute atomic E-state index is 13.8. The maximum atomic E-state index is 13.8. The molecule has 128 valence electrons. The van der Waals surface area contributed by atoms with Gasteiger partial charge >= 0.3 is 5.97 Å². The number of hydrogen-bond donors (Lipinski definition) is 0. The quantitative estimate of drug-likeness (QED) is 0.512. The van der Waals surface area contributed by atoms with Gasteiger partial charge in [-0.2, -0.15) is 0 Å². The van der Waals surface area contributed by atoms with Gasteiger partial charge in [-0.05, 0) is 24.3 Å². The van der Waals surface area contributed by atoms with E-state index in [4.69, 9.17) is 9.26 Å². The lowest BCUT2D eigenvalue weighted by molar-refractivity contribution is 0.0458. The Bertz CT molecular complexity index is 1090. The molecule has 26 heavy (non-hydrogen) atoms. The smallest absolute Gasteiger partial charge is 0.357 e. The highest BCUT2D eigenvalue weighted by Crippen LogP contribution is 2.23. The van der Waals surface area contributed by atoms with Crippen molar-refractivity contribution in [1.82, 2.24) is 10.1 Å². The van der Waals surface area contributed by atoms with Crippen LogP contribution in [0.15, 0.2) is 71.3 Å². The molecular weight excluding hydrogens is 335 g/mol. The van der Waals surface area contributed by atoms with Crippen molar-refractivity contribution in [3.8, 4) is 11.3 Å². The third-order valence-corrected chi connectivity index (χ3v) is 3.86. The highest BCUT2D eigenvalue weighted by atomic mass is 19.1. The van der Waals surface area contributed by atoms with Gasteiger partial charge in [-0.3, -0.25) is 0 Å². The predicted octanol–water partition coefficient (Wildman–Crippen LogP) is 4.39. The molecule has 0 aliphatic carbocycles. The molecule has 2 heterocycles. The fourth-order valence-corrected chi connectivity index (χ4v) is 2.56. The van der Waals surface area contributed by atoms with Crippen LogP contribution in [0.3, 0.4) is 0 Å². The summed E-state index contributed by atoms with van der Waals surface area (Å²) in [6.45, 7) is -0.0920. The van der Waals surface area contributed by atoms with E-state index in [1.807, 2.05) is 30.3 Å². The Kier molecular flexibility index (Phi) is 4.15. The van der Waals surface area contributed by atoms with Crippen molar-refractivity contribution < 1.29 is 18.4 Å². The van der Waals surface area contributed by atoms with Crippen molar-refractivity contribution in [2.75, 3.05) is 0 Å². The number of aromatic nitrogens is 2. The number of benzene rings is 2. The van der Waals surface area contributed by atoms with Crippen LogP contribution < -0.4 is 0 Å². The minimum Gasteiger partial charge on any atom is -0.454 e. The van der Waals surface area contributed by atoms with Crippen molar-refractivity contribution >= 4 is 16.9 Å². The molecule has 0 fully saturated rings. The van der Waals surface area contributed by atoms with E-state index >= 15 is 0 Å². The monoisotopic (exact) mass is 348 g/mol. The number of esters is 1. The lowest BCUT2D eigenvalue weighted by Gasteiger charge is -2.03. The molecule has 0 amide bonds. The van der Waals surface area contributed by atoms with Crippen LogP contribution in [-0.4, -0.2) is 16.1 Å². The molecule has 2 aromatic heterocycles. The van der Waals surface area contributed by atoms with E-state index in [-0.39, 0.29) is 18.1 Å². The first-order valence-corrected chi connectivity index (χ1v) is 7.94. The van der Waals surface area contributed by atoms with Crippen molar-refractivity contribution in [1.29, 1.82) is 0 Å². The van der Waals surface area contributed by atoms with Crippen molar-refractivity contribution in [2.45, 2.75) is 6.61 Å². The fourth-order valence-electron chi connectivity index (χ4n) is 2.56. The lowest BCUT2D eigenvalue weighted by Crippen LogP contribution is -2.07. The molecule has 0 N–H and O–H groups in total. The molecule has 4 rings (SSSR count). The van der Waals surface area contributed by atoms with Crippen LogP contribution in [-0.2, 0) is 11.3 Å². The minimum absolute atomic E-state index is 0.0920. The Morgan fingerprint density at radius 3 is 2.73 bits per heavy atom. The first-order chi connectivity index (χ1) is 12.7. The van der Waals surface area contributed by atoms with Crippen LogP contribution in [0.4, 0.5) is 4.39 Å². The number of fused-ring (bicyclic) bond motifs is 1. The summed E-state index contributed by atoms with van der Waals surface area (Å²) in [5.41, 5.74) is 1.61.